The molecule has 0 aliphatic rings. The maximum absolute atomic E-state index is 11.2. The summed E-state index contributed by atoms with van der Waals surface area (Å²) in [5.74, 6) is -0.773. The van der Waals surface area contributed by atoms with Crippen molar-refractivity contribution < 1.29 is 92.1 Å². The third kappa shape index (κ3) is 20.3. The summed E-state index contributed by atoms with van der Waals surface area (Å²) in [5.41, 5.74) is 0. The summed E-state index contributed by atoms with van der Waals surface area (Å²) < 4.78 is 69.1. The summed E-state index contributed by atoms with van der Waals surface area (Å²) >= 11 is 0. The van der Waals surface area contributed by atoms with Gasteiger partial charge in [-0.15, -0.1) is 0 Å². The van der Waals surface area contributed by atoms with Crippen LogP contribution >= 0.6 is 0 Å². The van der Waals surface area contributed by atoms with Crippen LogP contribution < -0.4 is 59.1 Å². The van der Waals surface area contributed by atoms with Gasteiger partial charge in [-0.3, -0.25) is 13.3 Å². The topological polar surface area (TPSA) is 126 Å². The van der Waals surface area contributed by atoms with Gasteiger partial charge >= 0.3 is 59.1 Å². The van der Waals surface area contributed by atoms with Crippen molar-refractivity contribution in [1.29, 1.82) is 0 Å². The zero-order valence-electron chi connectivity index (χ0n) is 12.4. The normalized spacial score (nSPS) is 11.7. The van der Waals surface area contributed by atoms with E-state index in [-0.39, 0.29) is 86.3 Å². The fraction of sp³-hybridized carbons (Fsp3) is 1.00. The Balaban J connectivity index is -0.000000187. The van der Waals surface area contributed by atoms with Gasteiger partial charge in [0.15, 0.2) is 0 Å². The Morgan fingerprint density at radius 3 is 1.33 bits per heavy atom. The molecule has 7 nitrogen and oxygen atoms in total. The second-order valence-corrected chi connectivity index (χ2v) is 7.97. The molecule has 0 spiro atoms. The molecule has 18 heavy (non-hydrogen) atoms. The van der Waals surface area contributed by atoms with Gasteiger partial charge in [-0.25, -0.2) is 0 Å². The van der Waals surface area contributed by atoms with E-state index in [4.69, 9.17) is 9.11 Å². The molecule has 2 N–H and O–H groups in total. The molecule has 0 heterocycles. The van der Waals surface area contributed by atoms with Gasteiger partial charge in [-0.2, -0.15) is 16.8 Å². The van der Waals surface area contributed by atoms with Crippen LogP contribution in [0.5, 0.6) is 0 Å². The quantitative estimate of drug-likeness (QED) is 0.332. The standard InChI is InChI=1S/C6H14O7S3.2Na.2H/c7-14(3-1-5-15(8,9)10)4-2-6-16(11,12)13;;;;/h1-6H2,(H,8,9,10)(H,11,12,13);;;;/q;2*+1;2*-1. The Morgan fingerprint density at radius 1 is 0.833 bits per heavy atom. The molecule has 0 aromatic rings. The molecule has 0 amide bonds. The first-order valence-electron chi connectivity index (χ1n) is 4.35. The van der Waals surface area contributed by atoms with Crippen LogP contribution in [0.4, 0.5) is 0 Å². The molecule has 0 aromatic heterocycles. The zero-order valence-corrected chi connectivity index (χ0v) is 16.9. The molecule has 102 valence electrons. The zero-order chi connectivity index (χ0) is 12.8. The molecule has 0 aromatic carbocycles. The predicted octanol–water partition coefficient (Wildman–Crippen LogP) is -6.48. The minimum Gasteiger partial charge on any atom is -1.00 e. The van der Waals surface area contributed by atoms with E-state index in [2.05, 4.69) is 0 Å². The van der Waals surface area contributed by atoms with Crippen LogP contribution in [0.2, 0.25) is 0 Å². The molecule has 0 saturated carbocycles. The van der Waals surface area contributed by atoms with Crippen molar-refractivity contribution in [3.05, 3.63) is 0 Å². The molecular weight excluding hydrogens is 326 g/mol. The monoisotopic (exact) mass is 342 g/mol. The van der Waals surface area contributed by atoms with Crippen LogP contribution in [-0.2, 0) is 31.0 Å². The summed E-state index contributed by atoms with van der Waals surface area (Å²) in [7, 11) is -9.41. The van der Waals surface area contributed by atoms with Crippen molar-refractivity contribution >= 4 is 31.0 Å². The molecule has 0 saturated heterocycles. The van der Waals surface area contributed by atoms with E-state index < -0.39 is 42.5 Å². The van der Waals surface area contributed by atoms with Gasteiger partial charge < -0.3 is 2.85 Å². The minimum absolute atomic E-state index is 0. The molecule has 0 aliphatic heterocycles. The molecular formula is C6H16Na2O7S3. The van der Waals surface area contributed by atoms with E-state index in [0.29, 0.717) is 0 Å². The molecule has 12 heteroatoms. The first-order chi connectivity index (χ1) is 7.10. The average Bonchev–Trinajstić information content (AvgIpc) is 1.98. The molecule has 0 aliphatic carbocycles. The molecule has 0 unspecified atom stereocenters. The third-order valence-corrected chi connectivity index (χ3v) is 4.65. The summed E-state index contributed by atoms with van der Waals surface area (Å²) in [6.07, 6.45) is 0.106. The van der Waals surface area contributed by atoms with Crippen molar-refractivity contribution in [2.24, 2.45) is 0 Å². The van der Waals surface area contributed by atoms with Gasteiger partial charge in [0.2, 0.25) is 0 Å². The van der Waals surface area contributed by atoms with E-state index in [1.807, 2.05) is 0 Å². The van der Waals surface area contributed by atoms with Gasteiger partial charge in [-0.1, -0.05) is 0 Å². The summed E-state index contributed by atoms with van der Waals surface area (Å²) in [5, 5.41) is 0. The Morgan fingerprint density at radius 2 is 1.11 bits per heavy atom. The van der Waals surface area contributed by atoms with Crippen molar-refractivity contribution in [1.82, 2.24) is 0 Å². The number of rotatable bonds is 8. The smallest absolute Gasteiger partial charge is 1.00 e. The maximum atomic E-state index is 11.2. The van der Waals surface area contributed by atoms with Crippen molar-refractivity contribution in [2.75, 3.05) is 23.0 Å². The first kappa shape index (κ1) is 25.0. The van der Waals surface area contributed by atoms with Crippen LogP contribution in [0.3, 0.4) is 0 Å². The van der Waals surface area contributed by atoms with E-state index >= 15 is 0 Å². The van der Waals surface area contributed by atoms with Gasteiger partial charge in [-0.05, 0) is 12.8 Å². The van der Waals surface area contributed by atoms with Crippen LogP contribution in [0.15, 0.2) is 0 Å². The largest absolute Gasteiger partial charge is 1.00 e. The summed E-state index contributed by atoms with van der Waals surface area (Å²) in [6, 6.07) is 0. The van der Waals surface area contributed by atoms with Crippen LogP contribution in [-0.4, -0.2) is 53.2 Å². The second-order valence-electron chi connectivity index (χ2n) is 3.13. The Kier molecular flexibility index (Phi) is 16.1. The van der Waals surface area contributed by atoms with Crippen LogP contribution in [0.1, 0.15) is 15.7 Å². The Labute approximate surface area is 157 Å². The third-order valence-electron chi connectivity index (χ3n) is 1.55. The predicted molar refractivity (Wildman–Crippen MR) is 62.2 cm³/mol. The van der Waals surface area contributed by atoms with Crippen molar-refractivity contribution in [3.63, 3.8) is 0 Å². The van der Waals surface area contributed by atoms with E-state index in [1.165, 1.54) is 0 Å². The SMILES string of the molecule is O=S(CCCS(=O)(=O)O)CCCS(=O)(=O)O.[H-].[H-].[Na+].[Na+]. The van der Waals surface area contributed by atoms with E-state index in [1.54, 1.807) is 0 Å². The van der Waals surface area contributed by atoms with Crippen LogP contribution in [0.25, 0.3) is 0 Å². The van der Waals surface area contributed by atoms with E-state index in [9.17, 15) is 21.0 Å². The molecule has 0 bridgehead atoms. The number of hydrogen-bond donors (Lipinski definition) is 2. The van der Waals surface area contributed by atoms with Crippen molar-refractivity contribution in [3.8, 4) is 0 Å². The first-order valence-corrected chi connectivity index (χ1v) is 9.06. The van der Waals surface area contributed by atoms with Gasteiger partial charge in [0, 0.05) is 22.3 Å². The van der Waals surface area contributed by atoms with Crippen molar-refractivity contribution in [2.45, 2.75) is 12.8 Å². The summed E-state index contributed by atoms with van der Waals surface area (Å²) in [4.78, 5) is 0. The molecule has 0 radical (unpaired) electrons. The van der Waals surface area contributed by atoms with Gasteiger partial charge in [0.05, 0.1) is 11.5 Å². The Bertz CT molecular complexity index is 399. The molecule has 0 rings (SSSR count). The van der Waals surface area contributed by atoms with Gasteiger partial charge in [0.25, 0.3) is 20.2 Å². The Hall–Kier alpha value is 1.97. The van der Waals surface area contributed by atoms with Gasteiger partial charge in [0.1, 0.15) is 0 Å². The minimum atomic E-state index is -4.03. The fourth-order valence-electron chi connectivity index (χ4n) is 0.907. The van der Waals surface area contributed by atoms with Crippen LogP contribution in [0, 0.1) is 0 Å². The molecule has 0 fully saturated rings. The summed E-state index contributed by atoms with van der Waals surface area (Å²) in [6.45, 7) is 0. The van der Waals surface area contributed by atoms with E-state index in [0.717, 1.165) is 0 Å². The second kappa shape index (κ2) is 11.6. The fourth-order valence-corrected chi connectivity index (χ4v) is 3.43. The number of hydrogen-bond acceptors (Lipinski definition) is 5. The maximum Gasteiger partial charge on any atom is 1.00 e. The average molecular weight is 342 g/mol. The molecule has 0 atom stereocenters.